The van der Waals surface area contributed by atoms with Gasteiger partial charge < -0.3 is 15.5 Å². The van der Waals surface area contributed by atoms with Gasteiger partial charge in [-0.2, -0.15) is 4.31 Å². The molecule has 112 valence electrons. The molecule has 19 heavy (non-hydrogen) atoms. The molecule has 8 heteroatoms. The molecule has 1 amide bonds. The summed E-state index contributed by atoms with van der Waals surface area (Å²) in [5.41, 5.74) is -1.14. The van der Waals surface area contributed by atoms with Crippen molar-refractivity contribution in [3.05, 3.63) is 0 Å². The molecule has 0 radical (unpaired) electrons. The first-order valence-corrected chi connectivity index (χ1v) is 8.09. The Morgan fingerprint density at radius 3 is 2.42 bits per heavy atom. The molecule has 0 spiro atoms. The van der Waals surface area contributed by atoms with Crippen LogP contribution in [0.1, 0.15) is 26.2 Å². The molecular formula is C11H22N2O5S. The summed E-state index contributed by atoms with van der Waals surface area (Å²) in [4.78, 5) is 12.1. The number of sulfonamides is 1. The van der Waals surface area contributed by atoms with Gasteiger partial charge in [-0.05, 0) is 19.8 Å². The van der Waals surface area contributed by atoms with Crippen molar-refractivity contribution < 1.29 is 23.4 Å². The van der Waals surface area contributed by atoms with Gasteiger partial charge in [0.25, 0.3) is 0 Å². The van der Waals surface area contributed by atoms with Crippen LogP contribution in [0.5, 0.6) is 0 Å². The Balaban J connectivity index is 2.84. The molecule has 1 saturated heterocycles. The number of nitrogens with one attached hydrogen (secondary N) is 1. The quantitative estimate of drug-likeness (QED) is 0.582. The number of carbonyl (C=O) groups is 1. The Kier molecular flexibility index (Phi) is 5.31. The van der Waals surface area contributed by atoms with E-state index in [0.717, 1.165) is 19.1 Å². The minimum Gasteiger partial charge on any atom is -0.394 e. The minimum atomic E-state index is -3.44. The molecule has 1 aliphatic heterocycles. The van der Waals surface area contributed by atoms with E-state index in [2.05, 4.69) is 5.32 Å². The van der Waals surface area contributed by atoms with Crippen molar-refractivity contribution in [3.63, 3.8) is 0 Å². The van der Waals surface area contributed by atoms with Gasteiger partial charge in [-0.1, -0.05) is 6.42 Å². The first kappa shape index (κ1) is 16.4. The van der Waals surface area contributed by atoms with Crippen LogP contribution in [0.3, 0.4) is 0 Å². The van der Waals surface area contributed by atoms with Gasteiger partial charge in [0.2, 0.25) is 15.9 Å². The topological polar surface area (TPSA) is 107 Å². The average molecular weight is 294 g/mol. The Bertz CT molecular complexity index is 419. The second-order valence-corrected chi connectivity index (χ2v) is 7.19. The van der Waals surface area contributed by atoms with E-state index in [0.29, 0.717) is 13.0 Å². The molecule has 1 fully saturated rings. The predicted molar refractivity (Wildman–Crippen MR) is 69.9 cm³/mol. The number of hydrogen-bond donors (Lipinski definition) is 3. The Labute approximate surface area is 113 Å². The van der Waals surface area contributed by atoms with Crippen LogP contribution in [0.25, 0.3) is 0 Å². The van der Waals surface area contributed by atoms with E-state index in [1.165, 1.54) is 11.2 Å². The average Bonchev–Trinajstić information content (AvgIpc) is 2.37. The fourth-order valence-corrected chi connectivity index (χ4v) is 3.20. The van der Waals surface area contributed by atoms with Crippen molar-refractivity contribution in [1.82, 2.24) is 9.62 Å². The lowest BCUT2D eigenvalue weighted by atomic mass is 10.0. The molecule has 3 N–H and O–H groups in total. The lowest BCUT2D eigenvalue weighted by Gasteiger charge is -2.35. The first-order valence-electron chi connectivity index (χ1n) is 6.24. The molecule has 1 aliphatic rings. The zero-order chi connectivity index (χ0) is 14.7. The van der Waals surface area contributed by atoms with E-state index in [9.17, 15) is 13.2 Å². The van der Waals surface area contributed by atoms with Crippen LogP contribution in [0.15, 0.2) is 0 Å². The summed E-state index contributed by atoms with van der Waals surface area (Å²) in [6.07, 6.45) is 3.04. The van der Waals surface area contributed by atoms with E-state index in [4.69, 9.17) is 10.2 Å². The van der Waals surface area contributed by atoms with E-state index < -0.39 is 40.7 Å². The minimum absolute atomic E-state index is 0.325. The summed E-state index contributed by atoms with van der Waals surface area (Å²) < 4.78 is 24.5. The second-order valence-electron chi connectivity index (χ2n) is 5.25. The standard InChI is InChI=1S/C11H22N2O5S/c1-11(7-14,8-15)12-10(16)9-5-3-4-6-13(9)19(2,17)18/h9,14-15H,3-8H2,1-2H3,(H,12,16). The molecule has 0 aromatic rings. The van der Waals surface area contributed by atoms with Gasteiger partial charge in [-0.3, -0.25) is 4.79 Å². The van der Waals surface area contributed by atoms with Gasteiger partial charge in [0.1, 0.15) is 6.04 Å². The number of nitrogens with zero attached hydrogens (tertiary/aromatic N) is 1. The van der Waals surface area contributed by atoms with Crippen LogP contribution in [0.4, 0.5) is 0 Å². The van der Waals surface area contributed by atoms with Gasteiger partial charge >= 0.3 is 0 Å². The van der Waals surface area contributed by atoms with Gasteiger partial charge in [-0.15, -0.1) is 0 Å². The van der Waals surface area contributed by atoms with Crippen LogP contribution in [-0.4, -0.2) is 66.4 Å². The SMILES string of the molecule is CC(CO)(CO)NC(=O)C1CCCCN1S(C)(=O)=O. The number of hydrogen-bond acceptors (Lipinski definition) is 5. The molecule has 0 aromatic heterocycles. The summed E-state index contributed by atoms with van der Waals surface area (Å²) in [5, 5.41) is 20.8. The Hall–Kier alpha value is -0.700. The second kappa shape index (κ2) is 6.17. The maximum Gasteiger partial charge on any atom is 0.239 e. The van der Waals surface area contributed by atoms with Gasteiger partial charge in [0.15, 0.2) is 0 Å². The molecular weight excluding hydrogens is 272 g/mol. The van der Waals surface area contributed by atoms with E-state index in [1.54, 1.807) is 0 Å². The summed E-state index contributed by atoms with van der Waals surface area (Å²) in [6, 6.07) is -0.763. The van der Waals surface area contributed by atoms with Crippen LogP contribution >= 0.6 is 0 Å². The molecule has 0 bridgehead atoms. The van der Waals surface area contributed by atoms with E-state index in [1.807, 2.05) is 0 Å². The third-order valence-corrected chi connectivity index (χ3v) is 4.59. The number of carbonyl (C=O) groups excluding carboxylic acids is 1. The number of aliphatic hydroxyl groups excluding tert-OH is 2. The summed E-state index contributed by atoms with van der Waals surface area (Å²) in [6.45, 7) is 0.992. The van der Waals surface area contributed by atoms with Crippen LogP contribution < -0.4 is 5.32 Å². The third kappa shape index (κ3) is 4.13. The van der Waals surface area contributed by atoms with Gasteiger partial charge in [0, 0.05) is 6.54 Å². The number of piperidine rings is 1. The largest absolute Gasteiger partial charge is 0.394 e. The molecule has 0 saturated carbocycles. The maximum atomic E-state index is 12.1. The molecule has 7 nitrogen and oxygen atoms in total. The van der Waals surface area contributed by atoms with Crippen molar-refractivity contribution in [2.45, 2.75) is 37.8 Å². The van der Waals surface area contributed by atoms with Crippen molar-refractivity contribution in [2.75, 3.05) is 26.0 Å². The normalized spacial score (nSPS) is 22.2. The molecule has 1 rings (SSSR count). The zero-order valence-electron chi connectivity index (χ0n) is 11.3. The maximum absolute atomic E-state index is 12.1. The molecule has 1 heterocycles. The van der Waals surface area contributed by atoms with Crippen molar-refractivity contribution in [3.8, 4) is 0 Å². The number of aliphatic hydroxyl groups is 2. The lowest BCUT2D eigenvalue weighted by Crippen LogP contribution is -2.59. The summed E-state index contributed by atoms with van der Waals surface area (Å²) >= 11 is 0. The van der Waals surface area contributed by atoms with Gasteiger partial charge in [0.05, 0.1) is 25.0 Å². The zero-order valence-corrected chi connectivity index (χ0v) is 12.1. The summed E-state index contributed by atoms with van der Waals surface area (Å²) in [5.74, 6) is -0.476. The molecule has 1 unspecified atom stereocenters. The van der Waals surface area contributed by atoms with Crippen LogP contribution in [0.2, 0.25) is 0 Å². The van der Waals surface area contributed by atoms with Crippen molar-refractivity contribution in [2.24, 2.45) is 0 Å². The van der Waals surface area contributed by atoms with E-state index in [-0.39, 0.29) is 0 Å². The fourth-order valence-electron chi connectivity index (χ4n) is 2.07. The van der Waals surface area contributed by atoms with Crippen LogP contribution in [0, 0.1) is 0 Å². The molecule has 1 atom stereocenters. The Morgan fingerprint density at radius 2 is 1.95 bits per heavy atom. The highest BCUT2D eigenvalue weighted by Gasteiger charge is 2.37. The van der Waals surface area contributed by atoms with E-state index >= 15 is 0 Å². The number of amides is 1. The van der Waals surface area contributed by atoms with Crippen LogP contribution in [-0.2, 0) is 14.8 Å². The van der Waals surface area contributed by atoms with Crippen molar-refractivity contribution in [1.29, 1.82) is 0 Å². The summed E-state index contributed by atoms with van der Waals surface area (Å²) in [7, 11) is -3.44. The highest BCUT2D eigenvalue weighted by Crippen LogP contribution is 2.20. The third-order valence-electron chi connectivity index (χ3n) is 3.31. The highest BCUT2D eigenvalue weighted by molar-refractivity contribution is 7.88. The molecule has 0 aromatic carbocycles. The van der Waals surface area contributed by atoms with Gasteiger partial charge in [-0.25, -0.2) is 8.42 Å². The Morgan fingerprint density at radius 1 is 1.37 bits per heavy atom. The molecule has 0 aliphatic carbocycles. The smallest absolute Gasteiger partial charge is 0.239 e. The predicted octanol–water partition coefficient (Wildman–Crippen LogP) is -1.34. The fraction of sp³-hybridized carbons (Fsp3) is 0.909. The monoisotopic (exact) mass is 294 g/mol. The van der Waals surface area contributed by atoms with Crippen molar-refractivity contribution >= 4 is 15.9 Å². The highest BCUT2D eigenvalue weighted by atomic mass is 32.2. The lowest BCUT2D eigenvalue weighted by molar-refractivity contribution is -0.128. The first-order chi connectivity index (χ1) is 8.73. The number of rotatable bonds is 5.